The summed E-state index contributed by atoms with van der Waals surface area (Å²) in [5.41, 5.74) is 8.35. The Morgan fingerprint density at radius 3 is 1.87 bits per heavy atom. The molecule has 0 heterocycles. The monoisotopic (exact) mass is 514 g/mol. The first kappa shape index (κ1) is 27.6. The van der Waals surface area contributed by atoms with Gasteiger partial charge in [0, 0.05) is 13.5 Å². The van der Waals surface area contributed by atoms with Crippen molar-refractivity contribution in [3.8, 4) is 5.75 Å². The first-order valence-corrected chi connectivity index (χ1v) is 13.5. The molecule has 0 aliphatic heterocycles. The smallest absolute Gasteiger partial charge is 0.333 e. The molecule has 200 valence electrons. The molecule has 38 heavy (non-hydrogen) atoms. The highest BCUT2D eigenvalue weighted by Crippen LogP contribution is 2.36. The van der Waals surface area contributed by atoms with Crippen LogP contribution in [-0.2, 0) is 33.5 Å². The van der Waals surface area contributed by atoms with Crippen molar-refractivity contribution in [3.63, 3.8) is 0 Å². The third kappa shape index (κ3) is 6.91. The Hall–Kier alpha value is -3.41. The van der Waals surface area contributed by atoms with E-state index in [2.05, 4.69) is 62.4 Å². The Kier molecular flexibility index (Phi) is 9.74. The SMILES string of the molecule is CCCc1ccc2c(c1)C=Cc1cc(CCC)ccc1C2OCCOc1ccc(CC(OC)C(=O)O)cc1. The van der Waals surface area contributed by atoms with Gasteiger partial charge in [0.15, 0.2) is 6.10 Å². The lowest BCUT2D eigenvalue weighted by Crippen LogP contribution is -2.24. The minimum Gasteiger partial charge on any atom is -0.491 e. The van der Waals surface area contributed by atoms with Gasteiger partial charge in [-0.2, -0.15) is 0 Å². The number of carboxylic acids is 1. The maximum atomic E-state index is 11.2. The second-order valence-electron chi connectivity index (χ2n) is 9.77. The number of aliphatic carboxylic acids is 1. The van der Waals surface area contributed by atoms with Crippen molar-refractivity contribution < 1.29 is 24.1 Å². The molecule has 0 aromatic heterocycles. The van der Waals surface area contributed by atoms with E-state index in [1.165, 1.54) is 40.5 Å². The van der Waals surface area contributed by atoms with Crippen molar-refractivity contribution >= 4 is 18.1 Å². The molecule has 0 saturated carbocycles. The molecule has 1 aliphatic rings. The molecular formula is C33H38O5. The number of ether oxygens (including phenoxy) is 3. The molecule has 0 fully saturated rings. The zero-order valence-electron chi connectivity index (χ0n) is 22.6. The maximum Gasteiger partial charge on any atom is 0.333 e. The van der Waals surface area contributed by atoms with Crippen LogP contribution in [0.15, 0.2) is 60.7 Å². The van der Waals surface area contributed by atoms with Crippen molar-refractivity contribution in [1.29, 1.82) is 0 Å². The minimum atomic E-state index is -0.968. The number of hydrogen-bond donors (Lipinski definition) is 1. The highest BCUT2D eigenvalue weighted by molar-refractivity contribution is 5.77. The zero-order chi connectivity index (χ0) is 26.9. The Bertz CT molecular complexity index is 1190. The molecule has 0 amide bonds. The second kappa shape index (κ2) is 13.4. The average Bonchev–Trinajstić information content (AvgIpc) is 3.07. The number of benzene rings is 3. The van der Waals surface area contributed by atoms with Crippen LogP contribution < -0.4 is 4.74 Å². The van der Waals surface area contributed by atoms with E-state index in [4.69, 9.17) is 14.2 Å². The molecule has 1 N–H and O–H groups in total. The molecule has 5 nitrogen and oxygen atoms in total. The predicted molar refractivity (Wildman–Crippen MR) is 152 cm³/mol. The van der Waals surface area contributed by atoms with E-state index in [9.17, 15) is 9.90 Å². The number of hydrogen-bond acceptors (Lipinski definition) is 4. The summed E-state index contributed by atoms with van der Waals surface area (Å²) in [4.78, 5) is 11.2. The van der Waals surface area contributed by atoms with Gasteiger partial charge in [-0.15, -0.1) is 0 Å². The Balaban J connectivity index is 1.45. The summed E-state index contributed by atoms with van der Waals surface area (Å²) < 4.78 is 17.5. The van der Waals surface area contributed by atoms with Crippen LogP contribution in [0.4, 0.5) is 0 Å². The van der Waals surface area contributed by atoms with Crippen molar-refractivity contribution in [2.75, 3.05) is 20.3 Å². The lowest BCUT2D eigenvalue weighted by Gasteiger charge is -2.22. The molecule has 1 aliphatic carbocycles. The Morgan fingerprint density at radius 1 is 0.816 bits per heavy atom. The molecule has 1 atom stereocenters. The molecule has 0 spiro atoms. The molecular weight excluding hydrogens is 476 g/mol. The van der Waals surface area contributed by atoms with Gasteiger partial charge in [-0.25, -0.2) is 4.79 Å². The average molecular weight is 515 g/mol. The van der Waals surface area contributed by atoms with Crippen LogP contribution in [0.5, 0.6) is 5.75 Å². The number of aryl methyl sites for hydroxylation is 2. The minimum absolute atomic E-state index is 0.172. The number of methoxy groups -OCH3 is 1. The van der Waals surface area contributed by atoms with Gasteiger partial charge in [-0.3, -0.25) is 0 Å². The number of carbonyl (C=O) groups is 1. The van der Waals surface area contributed by atoms with Crippen LogP contribution in [-0.4, -0.2) is 37.5 Å². The summed E-state index contributed by atoms with van der Waals surface area (Å²) in [6.07, 6.45) is 8.10. The van der Waals surface area contributed by atoms with Gasteiger partial charge in [-0.1, -0.05) is 87.4 Å². The van der Waals surface area contributed by atoms with E-state index in [-0.39, 0.29) is 6.10 Å². The lowest BCUT2D eigenvalue weighted by molar-refractivity contribution is -0.148. The third-order valence-electron chi connectivity index (χ3n) is 6.93. The molecule has 0 radical (unpaired) electrons. The quantitative estimate of drug-likeness (QED) is 0.251. The van der Waals surface area contributed by atoms with Crippen molar-refractivity contribution in [2.24, 2.45) is 0 Å². The highest BCUT2D eigenvalue weighted by Gasteiger charge is 2.23. The summed E-state index contributed by atoms with van der Waals surface area (Å²) in [5, 5.41) is 9.19. The molecule has 3 aromatic carbocycles. The van der Waals surface area contributed by atoms with Gasteiger partial charge in [0.1, 0.15) is 18.5 Å². The molecule has 0 saturated heterocycles. The van der Waals surface area contributed by atoms with Crippen LogP contribution >= 0.6 is 0 Å². The number of rotatable bonds is 13. The number of fused-ring (bicyclic) bond motifs is 2. The largest absolute Gasteiger partial charge is 0.491 e. The van der Waals surface area contributed by atoms with E-state index in [0.717, 1.165) is 37.0 Å². The van der Waals surface area contributed by atoms with Gasteiger partial charge in [0.25, 0.3) is 0 Å². The first-order valence-electron chi connectivity index (χ1n) is 13.5. The first-order chi connectivity index (χ1) is 18.5. The van der Waals surface area contributed by atoms with E-state index in [1.54, 1.807) is 0 Å². The van der Waals surface area contributed by atoms with Crippen LogP contribution in [0, 0.1) is 0 Å². The van der Waals surface area contributed by atoms with E-state index in [1.807, 2.05) is 24.3 Å². The van der Waals surface area contributed by atoms with Gasteiger partial charge < -0.3 is 19.3 Å². The normalized spacial score (nSPS) is 13.4. The highest BCUT2D eigenvalue weighted by atomic mass is 16.5. The summed E-state index contributed by atoms with van der Waals surface area (Å²) in [6, 6.07) is 20.9. The molecule has 0 bridgehead atoms. The zero-order valence-corrected chi connectivity index (χ0v) is 22.6. The summed E-state index contributed by atoms with van der Waals surface area (Å²) in [5.74, 6) is -0.247. The van der Waals surface area contributed by atoms with Crippen LogP contribution in [0.1, 0.15) is 71.7 Å². The van der Waals surface area contributed by atoms with E-state index < -0.39 is 12.1 Å². The van der Waals surface area contributed by atoms with Crippen molar-refractivity contribution in [1.82, 2.24) is 0 Å². The van der Waals surface area contributed by atoms with Gasteiger partial charge in [-0.05, 0) is 63.9 Å². The third-order valence-corrected chi connectivity index (χ3v) is 6.93. The van der Waals surface area contributed by atoms with E-state index >= 15 is 0 Å². The molecule has 3 aromatic rings. The fourth-order valence-electron chi connectivity index (χ4n) is 4.96. The van der Waals surface area contributed by atoms with Gasteiger partial charge >= 0.3 is 5.97 Å². The predicted octanol–water partition coefficient (Wildman–Crippen LogP) is 6.90. The van der Waals surface area contributed by atoms with Crippen LogP contribution in [0.3, 0.4) is 0 Å². The van der Waals surface area contributed by atoms with Crippen molar-refractivity contribution in [3.05, 3.63) is 99.6 Å². The van der Waals surface area contributed by atoms with Crippen LogP contribution in [0.2, 0.25) is 0 Å². The van der Waals surface area contributed by atoms with Crippen LogP contribution in [0.25, 0.3) is 12.2 Å². The fourth-order valence-corrected chi connectivity index (χ4v) is 4.96. The fraction of sp³-hybridized carbons (Fsp3) is 0.364. The molecule has 4 rings (SSSR count). The second-order valence-corrected chi connectivity index (χ2v) is 9.77. The van der Waals surface area contributed by atoms with Gasteiger partial charge in [0.2, 0.25) is 0 Å². The summed E-state index contributed by atoms with van der Waals surface area (Å²) in [7, 11) is 1.41. The lowest BCUT2D eigenvalue weighted by atomic mass is 9.93. The summed E-state index contributed by atoms with van der Waals surface area (Å²) >= 11 is 0. The van der Waals surface area contributed by atoms with E-state index in [0.29, 0.717) is 19.6 Å². The van der Waals surface area contributed by atoms with Crippen molar-refractivity contribution in [2.45, 2.75) is 58.2 Å². The van der Waals surface area contributed by atoms with Gasteiger partial charge in [0.05, 0.1) is 6.61 Å². The molecule has 5 heteroatoms. The summed E-state index contributed by atoms with van der Waals surface area (Å²) in [6.45, 7) is 5.26. The Labute approximate surface area is 226 Å². The topological polar surface area (TPSA) is 65.0 Å². The standard InChI is InChI=1S/C33H38O5/c1-4-6-23-10-16-29-26(20-23)12-13-27-21-24(7-5-2)11-17-30(27)32(29)38-19-18-37-28-14-8-25(9-15-28)22-31(36-3)33(34)35/h8-17,20-21,31-32H,4-7,18-19,22H2,1-3H3,(H,34,35). The maximum absolute atomic E-state index is 11.2. The number of carboxylic acid groups (broad SMARTS) is 1. The molecule has 1 unspecified atom stereocenters. The Morgan fingerprint density at radius 2 is 1.37 bits per heavy atom.